The zero-order valence-corrected chi connectivity index (χ0v) is 19.3. The number of aromatic nitrogens is 4. The Morgan fingerprint density at radius 2 is 2.03 bits per heavy atom. The Morgan fingerprint density at radius 1 is 1.19 bits per heavy atom. The molecule has 0 radical (unpaired) electrons. The van der Waals surface area contributed by atoms with E-state index in [0.29, 0.717) is 30.2 Å². The van der Waals surface area contributed by atoms with Gasteiger partial charge in [0, 0.05) is 49.0 Å². The van der Waals surface area contributed by atoms with Crippen molar-refractivity contribution in [1.29, 1.82) is 0 Å². The minimum atomic E-state index is -2.57. The number of ether oxygens (including phenoxy) is 2. The number of fused-ring (bicyclic) bond motifs is 1. The number of amides is 2. The Hall–Kier alpha value is -3.96. The van der Waals surface area contributed by atoms with Crippen molar-refractivity contribution in [2.75, 3.05) is 44.6 Å². The molecule has 6 rings (SSSR count). The maximum absolute atomic E-state index is 15.1. The van der Waals surface area contributed by atoms with Gasteiger partial charge in [-0.05, 0) is 25.0 Å². The van der Waals surface area contributed by atoms with Crippen LogP contribution < -0.4 is 9.64 Å². The Bertz CT molecular complexity index is 1420. The van der Waals surface area contributed by atoms with Gasteiger partial charge in [0.05, 0.1) is 30.9 Å². The van der Waals surface area contributed by atoms with Crippen LogP contribution in [-0.4, -0.2) is 93.3 Å². The van der Waals surface area contributed by atoms with Crippen molar-refractivity contribution >= 4 is 23.5 Å². The minimum absolute atomic E-state index is 0.139. The van der Waals surface area contributed by atoms with Gasteiger partial charge in [0.15, 0.2) is 17.3 Å². The maximum Gasteiger partial charge on any atom is 0.410 e. The van der Waals surface area contributed by atoms with Gasteiger partial charge in [-0.15, -0.1) is 0 Å². The van der Waals surface area contributed by atoms with Crippen molar-refractivity contribution in [3.8, 4) is 17.0 Å². The summed E-state index contributed by atoms with van der Waals surface area (Å²) < 4.78 is 50.1. The molecule has 1 aliphatic carbocycles. The summed E-state index contributed by atoms with van der Waals surface area (Å²) in [6.07, 6.45) is 5.02. The number of carbonyl (C=O) groups is 2. The molecular formula is C24H26FN7O4. The summed E-state index contributed by atoms with van der Waals surface area (Å²) in [6.45, 7) is -1.67. The zero-order chi connectivity index (χ0) is 27.3. The third-order valence-corrected chi connectivity index (χ3v) is 6.49. The van der Waals surface area contributed by atoms with Crippen LogP contribution in [0.1, 0.15) is 23.4 Å². The smallest absolute Gasteiger partial charge is 0.410 e. The number of halogens is 1. The van der Waals surface area contributed by atoms with Crippen LogP contribution in [0.15, 0.2) is 30.7 Å². The number of hydrogen-bond donors (Lipinski definition) is 0. The van der Waals surface area contributed by atoms with Crippen LogP contribution in [0.5, 0.6) is 5.88 Å². The number of nitrogens with zero attached hydrogens (tertiary/aromatic N) is 7. The highest BCUT2D eigenvalue weighted by Crippen LogP contribution is 2.35. The largest absolute Gasteiger partial charge is 0.474 e. The van der Waals surface area contributed by atoms with Crippen LogP contribution in [0.3, 0.4) is 0 Å². The molecule has 3 aliphatic rings. The molecule has 188 valence electrons. The molecule has 11 nitrogen and oxygen atoms in total. The van der Waals surface area contributed by atoms with Gasteiger partial charge in [0.2, 0.25) is 11.8 Å². The molecule has 36 heavy (non-hydrogen) atoms. The van der Waals surface area contributed by atoms with Gasteiger partial charge >= 0.3 is 6.09 Å². The zero-order valence-electron chi connectivity index (χ0n) is 22.3. The van der Waals surface area contributed by atoms with Gasteiger partial charge in [0.25, 0.3) is 0 Å². The molecule has 2 aliphatic heterocycles. The molecule has 5 heterocycles. The fourth-order valence-corrected chi connectivity index (χ4v) is 4.40. The standard InChI is InChI=1S/C24H26FN7O4/c1-29-13-16(11-20(29)33)36-24(34)31-9-7-30(8-10-31)22-19(25)14-32-21(28-22)18(12-27-32)17-3-2-6-26-23(17)35-15-4-5-15/h2-3,6,12,14-16H,4-5,7-11,13H2,1H3/t16-/m0/s1/i1D3. The molecule has 12 heteroatoms. The second-order valence-electron chi connectivity index (χ2n) is 9.10. The molecule has 0 aromatic carbocycles. The average Bonchev–Trinajstić information content (AvgIpc) is 3.50. The second kappa shape index (κ2) is 8.92. The molecular weight excluding hydrogens is 469 g/mol. The van der Waals surface area contributed by atoms with E-state index in [-0.39, 0.29) is 38.0 Å². The quantitative estimate of drug-likeness (QED) is 0.526. The van der Waals surface area contributed by atoms with Gasteiger partial charge in [-0.1, -0.05) is 0 Å². The lowest BCUT2D eigenvalue weighted by Crippen LogP contribution is -2.50. The van der Waals surface area contributed by atoms with E-state index in [4.69, 9.17) is 13.6 Å². The van der Waals surface area contributed by atoms with Crippen LogP contribution in [-0.2, 0) is 9.53 Å². The molecule has 3 aromatic heterocycles. The Labute approximate surface area is 210 Å². The van der Waals surface area contributed by atoms with Crippen LogP contribution in [0.25, 0.3) is 16.8 Å². The minimum Gasteiger partial charge on any atom is -0.474 e. The average molecular weight is 499 g/mol. The number of piperazine rings is 1. The molecule has 2 amide bonds. The van der Waals surface area contributed by atoms with Crippen molar-refractivity contribution < 1.29 is 27.6 Å². The Morgan fingerprint density at radius 3 is 2.78 bits per heavy atom. The summed E-state index contributed by atoms with van der Waals surface area (Å²) in [5.74, 6) is -0.504. The fourth-order valence-electron chi connectivity index (χ4n) is 4.40. The highest BCUT2D eigenvalue weighted by atomic mass is 19.1. The molecule has 0 N–H and O–H groups in total. The lowest BCUT2D eigenvalue weighted by Gasteiger charge is -2.35. The summed E-state index contributed by atoms with van der Waals surface area (Å²) in [7, 11) is 0. The first-order chi connectivity index (χ1) is 18.7. The van der Waals surface area contributed by atoms with Gasteiger partial charge in [-0.25, -0.2) is 23.7 Å². The number of pyridine rings is 1. The predicted molar refractivity (Wildman–Crippen MR) is 126 cm³/mol. The van der Waals surface area contributed by atoms with Crippen LogP contribution >= 0.6 is 0 Å². The van der Waals surface area contributed by atoms with Crippen LogP contribution in [0, 0.1) is 5.82 Å². The first-order valence-corrected chi connectivity index (χ1v) is 11.8. The van der Waals surface area contributed by atoms with Crippen molar-refractivity contribution in [3.63, 3.8) is 0 Å². The summed E-state index contributed by atoms with van der Waals surface area (Å²) in [4.78, 5) is 37.6. The number of hydrogen-bond acceptors (Lipinski definition) is 8. The first kappa shape index (κ1) is 19.3. The van der Waals surface area contributed by atoms with Crippen molar-refractivity contribution in [2.24, 2.45) is 0 Å². The number of likely N-dealkylation sites (tertiary alicyclic amines) is 1. The predicted octanol–water partition coefficient (Wildman–Crippen LogP) is 1.96. The van der Waals surface area contributed by atoms with Crippen LogP contribution in [0.4, 0.5) is 15.0 Å². The number of carbonyl (C=O) groups excluding carboxylic acids is 2. The van der Waals surface area contributed by atoms with E-state index in [9.17, 15) is 9.59 Å². The van der Waals surface area contributed by atoms with Gasteiger partial charge in [-0.2, -0.15) is 5.10 Å². The summed E-state index contributed by atoms with van der Waals surface area (Å²) in [5, 5.41) is 4.27. The second-order valence-corrected chi connectivity index (χ2v) is 9.10. The summed E-state index contributed by atoms with van der Waals surface area (Å²) in [6, 6.07) is 3.66. The van der Waals surface area contributed by atoms with E-state index in [1.54, 1.807) is 23.4 Å². The maximum atomic E-state index is 15.1. The molecule has 0 unspecified atom stereocenters. The first-order valence-electron chi connectivity index (χ1n) is 13.3. The number of anilines is 1. The van der Waals surface area contributed by atoms with E-state index in [1.807, 2.05) is 6.07 Å². The Balaban J connectivity index is 1.14. The molecule has 2 saturated heterocycles. The van der Waals surface area contributed by atoms with Gasteiger partial charge in [0.1, 0.15) is 12.2 Å². The van der Waals surface area contributed by atoms with Gasteiger partial charge in [-0.3, -0.25) is 4.79 Å². The van der Waals surface area contributed by atoms with E-state index >= 15 is 4.39 Å². The fraction of sp³-hybridized carbons (Fsp3) is 0.458. The van der Waals surface area contributed by atoms with E-state index < -0.39 is 30.9 Å². The molecule has 1 saturated carbocycles. The topological polar surface area (TPSA) is 105 Å². The SMILES string of the molecule is [2H]C([2H])([2H])N1C[C@@H](OC(=O)N2CCN(c3nc4c(-c5cccnc5OC5CC5)cnn4cc3F)CC2)CC1=O. The molecule has 3 aromatic rings. The monoisotopic (exact) mass is 498 g/mol. The number of likely N-dealkylation sites (N-methyl/N-ethyl adjacent to an activating group) is 1. The third kappa shape index (κ3) is 4.27. The van der Waals surface area contributed by atoms with Crippen LogP contribution in [0.2, 0.25) is 0 Å². The molecule has 3 fully saturated rings. The third-order valence-electron chi connectivity index (χ3n) is 6.49. The lowest BCUT2D eigenvalue weighted by atomic mass is 10.1. The highest BCUT2D eigenvalue weighted by Gasteiger charge is 2.33. The van der Waals surface area contributed by atoms with Crippen molar-refractivity contribution in [3.05, 3.63) is 36.5 Å². The van der Waals surface area contributed by atoms with E-state index in [0.717, 1.165) is 23.3 Å². The lowest BCUT2D eigenvalue weighted by molar-refractivity contribution is -0.126. The van der Waals surface area contributed by atoms with Crippen molar-refractivity contribution in [2.45, 2.75) is 31.5 Å². The van der Waals surface area contributed by atoms with Crippen molar-refractivity contribution in [1.82, 2.24) is 29.4 Å². The molecule has 1 atom stereocenters. The normalized spacial score (nSPS) is 21.9. The molecule has 0 bridgehead atoms. The summed E-state index contributed by atoms with van der Waals surface area (Å²) in [5.41, 5.74) is 1.84. The number of rotatable bonds is 5. The molecule has 0 spiro atoms. The Kier molecular flexibility index (Phi) is 4.77. The highest BCUT2D eigenvalue weighted by molar-refractivity contribution is 5.81. The summed E-state index contributed by atoms with van der Waals surface area (Å²) >= 11 is 0. The van der Waals surface area contributed by atoms with E-state index in [1.165, 1.54) is 15.6 Å². The van der Waals surface area contributed by atoms with Gasteiger partial charge < -0.3 is 24.2 Å². The van der Waals surface area contributed by atoms with E-state index in [2.05, 4.69) is 15.1 Å².